The Morgan fingerprint density at radius 2 is 1.88 bits per heavy atom. The summed E-state index contributed by atoms with van der Waals surface area (Å²) in [6.45, 7) is 4.85. The van der Waals surface area contributed by atoms with Crippen LogP contribution in [0.25, 0.3) is 0 Å². The molecule has 1 aromatic carbocycles. The smallest absolute Gasteiger partial charge is 0.0380 e. The molecule has 1 aliphatic carbocycles. The van der Waals surface area contributed by atoms with E-state index >= 15 is 0 Å². The molecule has 86 valence electrons. The van der Waals surface area contributed by atoms with Crippen molar-refractivity contribution in [2.75, 3.05) is 5.32 Å². The van der Waals surface area contributed by atoms with Crippen LogP contribution in [0, 0.1) is 5.92 Å². The highest BCUT2D eigenvalue weighted by Crippen LogP contribution is 2.47. The van der Waals surface area contributed by atoms with Crippen LogP contribution in [-0.4, -0.2) is 6.04 Å². The summed E-state index contributed by atoms with van der Waals surface area (Å²) in [5.74, 6) is 0.816. The number of anilines is 1. The monoisotopic (exact) mass is 215 g/mol. The topological polar surface area (TPSA) is 12.0 Å². The molecule has 1 nitrogen and oxygen atoms in total. The maximum Gasteiger partial charge on any atom is 0.0380 e. The van der Waals surface area contributed by atoms with E-state index in [1.54, 1.807) is 0 Å². The van der Waals surface area contributed by atoms with Crippen LogP contribution in [0.5, 0.6) is 0 Å². The Labute approximate surface area is 98.3 Å². The largest absolute Gasteiger partial charge is 0.382 e. The van der Waals surface area contributed by atoms with Gasteiger partial charge in [0, 0.05) is 11.7 Å². The van der Waals surface area contributed by atoms with Gasteiger partial charge in [-0.2, -0.15) is 0 Å². The zero-order valence-electron chi connectivity index (χ0n) is 10.3. The zero-order chi connectivity index (χ0) is 11.2. The van der Waals surface area contributed by atoms with Crippen molar-refractivity contribution in [2.45, 2.75) is 51.0 Å². The molecule has 1 heterocycles. The lowest BCUT2D eigenvalue weighted by atomic mass is 9.63. The molecule has 1 aromatic rings. The van der Waals surface area contributed by atoms with E-state index in [1.807, 2.05) is 0 Å². The maximum absolute atomic E-state index is 3.75. The molecule has 1 saturated carbocycles. The molecule has 2 atom stereocenters. The molecule has 1 fully saturated rings. The highest BCUT2D eigenvalue weighted by molar-refractivity contribution is 5.58. The SMILES string of the molecule is CC1(C)c2ccccc2N[C@@H]2CCCC[C@H]21. The Morgan fingerprint density at radius 1 is 1.12 bits per heavy atom. The molecule has 1 N–H and O–H groups in total. The summed E-state index contributed by atoms with van der Waals surface area (Å²) in [6.07, 6.45) is 5.54. The Kier molecular flexibility index (Phi) is 2.24. The molecule has 0 spiro atoms. The number of rotatable bonds is 0. The lowest BCUT2D eigenvalue weighted by Gasteiger charge is -2.48. The number of hydrogen-bond acceptors (Lipinski definition) is 1. The van der Waals surface area contributed by atoms with E-state index in [-0.39, 0.29) is 0 Å². The molecule has 0 unspecified atom stereocenters. The Morgan fingerprint density at radius 3 is 2.75 bits per heavy atom. The van der Waals surface area contributed by atoms with Gasteiger partial charge in [0.15, 0.2) is 0 Å². The second-order valence-electron chi connectivity index (χ2n) is 5.91. The average molecular weight is 215 g/mol. The van der Waals surface area contributed by atoms with Crippen LogP contribution in [0.3, 0.4) is 0 Å². The molecule has 0 radical (unpaired) electrons. The van der Waals surface area contributed by atoms with Crippen molar-refractivity contribution in [1.82, 2.24) is 0 Å². The first kappa shape index (κ1) is 10.2. The van der Waals surface area contributed by atoms with Gasteiger partial charge in [0.05, 0.1) is 0 Å². The third-order valence-corrected chi connectivity index (χ3v) is 4.66. The fourth-order valence-electron chi connectivity index (χ4n) is 3.74. The lowest BCUT2D eigenvalue weighted by molar-refractivity contribution is 0.205. The van der Waals surface area contributed by atoms with Crippen LogP contribution in [0.2, 0.25) is 0 Å². The maximum atomic E-state index is 3.75. The third kappa shape index (κ3) is 1.37. The van der Waals surface area contributed by atoms with E-state index in [2.05, 4.69) is 43.4 Å². The number of fused-ring (bicyclic) bond motifs is 2. The molecule has 0 bridgehead atoms. The first-order valence-electron chi connectivity index (χ1n) is 6.55. The zero-order valence-corrected chi connectivity index (χ0v) is 10.3. The van der Waals surface area contributed by atoms with Gasteiger partial charge in [0.25, 0.3) is 0 Å². The summed E-state index contributed by atoms with van der Waals surface area (Å²) >= 11 is 0. The Balaban J connectivity index is 2.07. The predicted molar refractivity (Wildman–Crippen MR) is 68.8 cm³/mol. The molecule has 0 saturated heterocycles. The summed E-state index contributed by atoms with van der Waals surface area (Å²) < 4.78 is 0. The standard InChI is InChI=1S/C15H21N/c1-15(2)11-7-3-5-9-13(11)16-14-10-6-4-8-12(14)15/h3,5,7,9,12,14,16H,4,6,8,10H2,1-2H3/t12-,14-/m1/s1. The molecular weight excluding hydrogens is 194 g/mol. The van der Waals surface area contributed by atoms with Crippen molar-refractivity contribution < 1.29 is 0 Å². The first-order valence-corrected chi connectivity index (χ1v) is 6.55. The van der Waals surface area contributed by atoms with Gasteiger partial charge in [-0.1, -0.05) is 44.9 Å². The number of para-hydroxylation sites is 1. The average Bonchev–Trinajstić information content (AvgIpc) is 2.29. The van der Waals surface area contributed by atoms with E-state index in [0.29, 0.717) is 11.5 Å². The van der Waals surface area contributed by atoms with Gasteiger partial charge in [0.1, 0.15) is 0 Å². The second kappa shape index (κ2) is 3.51. The number of hydrogen-bond donors (Lipinski definition) is 1. The molecule has 1 heteroatoms. The third-order valence-electron chi connectivity index (χ3n) is 4.66. The highest BCUT2D eigenvalue weighted by Gasteiger charge is 2.42. The summed E-state index contributed by atoms with van der Waals surface area (Å²) in [4.78, 5) is 0. The quantitative estimate of drug-likeness (QED) is 0.691. The molecule has 1 aliphatic heterocycles. The summed E-state index contributed by atoms with van der Waals surface area (Å²) in [5.41, 5.74) is 3.22. The van der Waals surface area contributed by atoms with Gasteiger partial charge in [-0.15, -0.1) is 0 Å². The van der Waals surface area contributed by atoms with Crippen molar-refractivity contribution in [1.29, 1.82) is 0 Å². The van der Waals surface area contributed by atoms with Crippen molar-refractivity contribution >= 4 is 5.69 Å². The summed E-state index contributed by atoms with van der Waals surface area (Å²) in [7, 11) is 0. The summed E-state index contributed by atoms with van der Waals surface area (Å²) in [5, 5.41) is 3.75. The van der Waals surface area contributed by atoms with E-state index in [0.717, 1.165) is 5.92 Å². The van der Waals surface area contributed by atoms with Gasteiger partial charge < -0.3 is 5.32 Å². The first-order chi connectivity index (χ1) is 7.69. The fourth-order valence-corrected chi connectivity index (χ4v) is 3.74. The van der Waals surface area contributed by atoms with Crippen molar-refractivity contribution in [3.05, 3.63) is 29.8 Å². The van der Waals surface area contributed by atoms with Gasteiger partial charge in [-0.05, 0) is 35.8 Å². The fraction of sp³-hybridized carbons (Fsp3) is 0.600. The Hall–Kier alpha value is -0.980. The van der Waals surface area contributed by atoms with Gasteiger partial charge in [-0.25, -0.2) is 0 Å². The van der Waals surface area contributed by atoms with Crippen molar-refractivity contribution in [3.8, 4) is 0 Å². The molecule has 3 rings (SSSR count). The van der Waals surface area contributed by atoms with Crippen LogP contribution in [-0.2, 0) is 5.41 Å². The van der Waals surface area contributed by atoms with Gasteiger partial charge >= 0.3 is 0 Å². The molecule has 0 aromatic heterocycles. The van der Waals surface area contributed by atoms with Crippen molar-refractivity contribution in [3.63, 3.8) is 0 Å². The predicted octanol–water partition coefficient (Wildman–Crippen LogP) is 3.95. The summed E-state index contributed by atoms with van der Waals surface area (Å²) in [6, 6.07) is 9.56. The van der Waals surface area contributed by atoms with E-state index in [1.165, 1.54) is 36.9 Å². The van der Waals surface area contributed by atoms with Crippen LogP contribution in [0.1, 0.15) is 45.1 Å². The minimum atomic E-state index is 0.340. The minimum Gasteiger partial charge on any atom is -0.382 e. The van der Waals surface area contributed by atoms with Crippen LogP contribution < -0.4 is 5.32 Å². The van der Waals surface area contributed by atoms with E-state index in [4.69, 9.17) is 0 Å². The lowest BCUT2D eigenvalue weighted by Crippen LogP contribution is -2.47. The Bertz CT molecular complexity index is 394. The van der Waals surface area contributed by atoms with E-state index < -0.39 is 0 Å². The van der Waals surface area contributed by atoms with Crippen molar-refractivity contribution in [2.24, 2.45) is 5.92 Å². The van der Waals surface area contributed by atoms with Crippen LogP contribution in [0.4, 0.5) is 5.69 Å². The molecule has 0 amide bonds. The van der Waals surface area contributed by atoms with Crippen LogP contribution in [0.15, 0.2) is 24.3 Å². The minimum absolute atomic E-state index is 0.340. The highest BCUT2D eigenvalue weighted by atomic mass is 15.0. The number of nitrogens with one attached hydrogen (secondary N) is 1. The molecule has 16 heavy (non-hydrogen) atoms. The molecular formula is C15H21N. The second-order valence-corrected chi connectivity index (χ2v) is 5.91. The number of benzene rings is 1. The van der Waals surface area contributed by atoms with Gasteiger partial charge in [0.2, 0.25) is 0 Å². The van der Waals surface area contributed by atoms with E-state index in [9.17, 15) is 0 Å². The normalized spacial score (nSPS) is 31.1. The molecule has 2 aliphatic rings. The van der Waals surface area contributed by atoms with Gasteiger partial charge in [-0.3, -0.25) is 0 Å². The van der Waals surface area contributed by atoms with Crippen LogP contribution >= 0.6 is 0 Å².